The van der Waals surface area contributed by atoms with E-state index in [9.17, 15) is 19.8 Å². The molecule has 0 N–H and O–H groups in total. The molecule has 0 amide bonds. The first-order valence-electron chi connectivity index (χ1n) is 18.6. The van der Waals surface area contributed by atoms with Gasteiger partial charge in [0.1, 0.15) is 0 Å². The summed E-state index contributed by atoms with van der Waals surface area (Å²) in [7, 11) is -5.17. The first-order valence-corrected chi connectivity index (χ1v) is 19.9. The van der Waals surface area contributed by atoms with Gasteiger partial charge in [-0.3, -0.25) is 8.42 Å². The van der Waals surface area contributed by atoms with Crippen LogP contribution in [0.15, 0.2) is 0 Å². The van der Waals surface area contributed by atoms with Gasteiger partial charge in [-0.25, -0.2) is 0 Å². The van der Waals surface area contributed by atoms with E-state index in [0.29, 0.717) is 0 Å². The molecule has 0 aliphatic carbocycles. The maximum Gasteiger partial charge on any atom is 3.00 e. The van der Waals surface area contributed by atoms with E-state index in [1.54, 1.807) is 0 Å². The Hall–Kier alpha value is -0.125. The summed E-state index contributed by atoms with van der Waals surface area (Å²) in [5.41, 5.74) is 0. The Balaban J connectivity index is -0.000000210. The molecule has 0 saturated heterocycles. The van der Waals surface area contributed by atoms with Crippen molar-refractivity contribution in [3.8, 4) is 0 Å². The second-order valence-corrected chi connectivity index (χ2v) is 13.4. The van der Waals surface area contributed by atoms with Gasteiger partial charge in [-0.2, -0.15) is 0 Å². The fraction of sp³-hybridized carbons (Fsp3) is 0.944. The van der Waals surface area contributed by atoms with Crippen molar-refractivity contribution in [1.29, 1.82) is 0 Å². The van der Waals surface area contributed by atoms with Gasteiger partial charge in [-0.05, 0) is 25.7 Å². The van der Waals surface area contributed by atoms with Crippen molar-refractivity contribution in [3.05, 3.63) is 0 Å². The number of rotatable bonds is 32. The SMILES string of the molecule is CCCCCCCCCCCCCCCCCC(=O)[O-].CCCCCCCCCCCCCCCCCC(=O)[O-].O=S(=O)([O-])[O-].[Al+3].[Al+3]. The first kappa shape index (κ1) is 56.3. The van der Waals surface area contributed by atoms with Crippen LogP contribution in [0.4, 0.5) is 0 Å². The molecule has 47 heavy (non-hydrogen) atoms. The third-order valence-electron chi connectivity index (χ3n) is 7.97. The Morgan fingerprint density at radius 3 is 0.617 bits per heavy atom. The predicted octanol–water partition coefficient (Wildman–Crippen LogP) is 7.90. The van der Waals surface area contributed by atoms with Gasteiger partial charge in [0.15, 0.2) is 0 Å². The molecule has 0 aromatic rings. The molecule has 0 aliphatic rings. The minimum Gasteiger partial charge on any atom is -0.759 e. The van der Waals surface area contributed by atoms with E-state index < -0.39 is 22.3 Å². The van der Waals surface area contributed by atoms with Crippen molar-refractivity contribution in [1.82, 2.24) is 0 Å². The summed E-state index contributed by atoms with van der Waals surface area (Å²) < 4.78 is 34.1. The van der Waals surface area contributed by atoms with E-state index >= 15 is 0 Å². The summed E-state index contributed by atoms with van der Waals surface area (Å²) in [6, 6.07) is 0. The van der Waals surface area contributed by atoms with E-state index in [2.05, 4.69) is 13.8 Å². The zero-order chi connectivity index (χ0) is 34.3. The summed E-state index contributed by atoms with van der Waals surface area (Å²) in [5.74, 6) is -1.81. The molecule has 0 rings (SSSR count). The topological polar surface area (TPSA) is 161 Å². The number of carboxylic acids is 2. The van der Waals surface area contributed by atoms with E-state index in [1.807, 2.05) is 0 Å². The maximum atomic E-state index is 10.2. The predicted molar refractivity (Wildman–Crippen MR) is 191 cm³/mol. The Morgan fingerprint density at radius 1 is 0.362 bits per heavy atom. The fourth-order valence-electron chi connectivity index (χ4n) is 5.28. The number of carbonyl (C=O) groups is 2. The first-order chi connectivity index (χ1) is 21.5. The van der Waals surface area contributed by atoms with Crippen molar-refractivity contribution in [2.45, 2.75) is 219 Å². The molecular weight excluding hydrogens is 646 g/mol. The number of unbranched alkanes of at least 4 members (excludes halogenated alkanes) is 28. The molecule has 0 bridgehead atoms. The van der Waals surface area contributed by atoms with E-state index in [1.165, 1.54) is 167 Å². The smallest absolute Gasteiger partial charge is 0.759 e. The van der Waals surface area contributed by atoms with Crippen molar-refractivity contribution in [2.75, 3.05) is 0 Å². The van der Waals surface area contributed by atoms with Crippen LogP contribution in [-0.2, 0) is 20.0 Å². The largest absolute Gasteiger partial charge is 3.00 e. The van der Waals surface area contributed by atoms with Gasteiger partial charge >= 0.3 is 34.7 Å². The monoisotopic (exact) mass is 716 g/mol. The quantitative estimate of drug-likeness (QED) is 0.0294. The molecule has 0 aromatic heterocycles. The molecule has 0 fully saturated rings. The van der Waals surface area contributed by atoms with Crippen LogP contribution in [0.2, 0.25) is 0 Å². The average Bonchev–Trinajstić information content (AvgIpc) is 2.96. The number of carbonyl (C=O) groups excluding carboxylic acids is 2. The normalized spacial score (nSPS) is 10.5. The number of aliphatic carboxylic acids is 2. The molecule has 0 saturated carbocycles. The molecular formula is C36H70Al2O8S+2. The third kappa shape index (κ3) is 77.0. The molecule has 11 heteroatoms. The summed E-state index contributed by atoms with van der Waals surface area (Å²) in [6.07, 6.45) is 39.7. The molecule has 0 unspecified atom stereocenters. The minimum atomic E-state index is -5.17. The van der Waals surface area contributed by atoms with Gasteiger partial charge in [-0.15, -0.1) is 0 Å². The second-order valence-electron chi connectivity index (χ2n) is 12.6. The van der Waals surface area contributed by atoms with Crippen LogP contribution in [0, 0.1) is 0 Å². The Labute approximate surface area is 312 Å². The van der Waals surface area contributed by atoms with E-state index in [-0.39, 0.29) is 47.6 Å². The Bertz CT molecular complexity index is 657. The average molecular weight is 717 g/mol. The summed E-state index contributed by atoms with van der Waals surface area (Å²) in [4.78, 5) is 20.4. The standard InChI is InChI=1S/2C18H36O2.2Al.H2O4S/c2*1-2-3-4-5-6-7-8-9-10-11-12-13-14-15-16-17-18(19)20;;;1-5(2,3)4/h2*2-17H2,1H3,(H,19,20);;;(H2,1,2,3,4)/q;;2*+3;/p-4. The minimum absolute atomic E-state index is 0. The molecule has 0 radical (unpaired) electrons. The van der Waals surface area contributed by atoms with Gasteiger partial charge in [0.05, 0.1) is 0 Å². The van der Waals surface area contributed by atoms with Crippen molar-refractivity contribution in [3.63, 3.8) is 0 Å². The fourth-order valence-corrected chi connectivity index (χ4v) is 5.28. The van der Waals surface area contributed by atoms with E-state index in [0.717, 1.165) is 25.7 Å². The van der Waals surface area contributed by atoms with Crippen LogP contribution in [0.3, 0.4) is 0 Å². The van der Waals surface area contributed by atoms with Crippen LogP contribution in [-0.4, -0.2) is 64.2 Å². The number of hydrogen-bond acceptors (Lipinski definition) is 8. The molecule has 0 aromatic carbocycles. The van der Waals surface area contributed by atoms with Crippen molar-refractivity contribution < 1.29 is 37.3 Å². The second kappa shape index (κ2) is 48.0. The van der Waals surface area contributed by atoms with Gasteiger partial charge < -0.3 is 28.9 Å². The maximum absolute atomic E-state index is 10.2. The summed E-state index contributed by atoms with van der Waals surface area (Å²) in [6.45, 7) is 4.53. The van der Waals surface area contributed by atoms with Crippen molar-refractivity contribution in [2.24, 2.45) is 0 Å². The van der Waals surface area contributed by atoms with Gasteiger partial charge in [0, 0.05) is 22.3 Å². The molecule has 8 nitrogen and oxygen atoms in total. The molecule has 272 valence electrons. The molecule has 0 spiro atoms. The number of carboxylic acid groups (broad SMARTS) is 2. The Kier molecular flexibility index (Phi) is 57.4. The van der Waals surface area contributed by atoms with Crippen LogP contribution < -0.4 is 10.2 Å². The third-order valence-corrected chi connectivity index (χ3v) is 7.97. The molecule has 0 heterocycles. The van der Waals surface area contributed by atoms with Crippen LogP contribution in [0.5, 0.6) is 0 Å². The summed E-state index contributed by atoms with van der Waals surface area (Å²) in [5, 5.41) is 20.4. The van der Waals surface area contributed by atoms with Gasteiger partial charge in [0.25, 0.3) is 0 Å². The Morgan fingerprint density at radius 2 is 0.489 bits per heavy atom. The number of hydrogen-bond donors (Lipinski definition) is 0. The van der Waals surface area contributed by atoms with Crippen LogP contribution in [0.1, 0.15) is 219 Å². The van der Waals surface area contributed by atoms with Crippen LogP contribution in [0.25, 0.3) is 0 Å². The zero-order valence-electron chi connectivity index (χ0n) is 30.5. The molecule has 0 aliphatic heterocycles. The summed E-state index contributed by atoms with van der Waals surface area (Å²) >= 11 is 0. The van der Waals surface area contributed by atoms with Crippen molar-refractivity contribution >= 4 is 57.1 Å². The zero-order valence-corrected chi connectivity index (χ0v) is 33.6. The van der Waals surface area contributed by atoms with Crippen LogP contribution >= 0.6 is 0 Å². The van der Waals surface area contributed by atoms with E-state index in [4.69, 9.17) is 17.5 Å². The molecule has 0 atom stereocenters. The van der Waals surface area contributed by atoms with Gasteiger partial charge in [-0.1, -0.05) is 194 Å². The van der Waals surface area contributed by atoms with Gasteiger partial charge in [0.2, 0.25) is 0 Å².